The number of hydrogen-bond donors (Lipinski definition) is 1. The highest BCUT2D eigenvalue weighted by molar-refractivity contribution is 7.89. The normalized spacial score (nSPS) is 14.5. The van der Waals surface area contributed by atoms with Gasteiger partial charge in [0.25, 0.3) is 5.91 Å². The highest BCUT2D eigenvalue weighted by Crippen LogP contribution is 2.30. The lowest BCUT2D eigenvalue weighted by Crippen LogP contribution is -2.40. The fourth-order valence-electron chi connectivity index (χ4n) is 4.79. The molecule has 0 aliphatic carbocycles. The second kappa shape index (κ2) is 13.3. The van der Waals surface area contributed by atoms with Gasteiger partial charge in [0.2, 0.25) is 10.0 Å². The molecule has 43 heavy (non-hydrogen) atoms. The predicted octanol–water partition coefficient (Wildman–Crippen LogP) is 6.46. The van der Waals surface area contributed by atoms with Crippen molar-refractivity contribution in [1.29, 1.82) is 0 Å². The van der Waals surface area contributed by atoms with Crippen molar-refractivity contribution < 1.29 is 31.5 Å². The van der Waals surface area contributed by atoms with Crippen molar-refractivity contribution in [2.75, 3.05) is 31.6 Å². The molecule has 1 N–H and O–H groups in total. The summed E-state index contributed by atoms with van der Waals surface area (Å²) < 4.78 is 64.4. The number of sulfonamides is 1. The molecule has 4 aromatic carbocycles. The number of nitrogens with one attached hydrogen (secondary N) is 1. The van der Waals surface area contributed by atoms with Gasteiger partial charge in [0, 0.05) is 29.9 Å². The highest BCUT2D eigenvalue weighted by Gasteiger charge is 2.28. The minimum Gasteiger partial charge on any atom is -0.434 e. The van der Waals surface area contributed by atoms with Crippen LogP contribution in [-0.2, 0) is 19.6 Å². The lowest BCUT2D eigenvalue weighted by molar-refractivity contribution is -0.111. The van der Waals surface area contributed by atoms with Crippen molar-refractivity contribution in [3.05, 3.63) is 114 Å². The van der Waals surface area contributed by atoms with Crippen LogP contribution >= 0.6 is 0 Å². The van der Waals surface area contributed by atoms with Crippen LogP contribution in [0.3, 0.4) is 0 Å². The summed E-state index contributed by atoms with van der Waals surface area (Å²) in [6, 6.07) is 27.9. The van der Waals surface area contributed by atoms with E-state index in [0.29, 0.717) is 24.3 Å². The molecule has 1 heterocycles. The Labute approximate surface area is 249 Å². The first-order chi connectivity index (χ1) is 20.7. The maximum absolute atomic E-state index is 13.8. The van der Waals surface area contributed by atoms with E-state index in [1.54, 1.807) is 49.4 Å². The zero-order valence-corrected chi connectivity index (χ0v) is 24.2. The minimum atomic E-state index is -3.82. The largest absolute Gasteiger partial charge is 0.434 e. The van der Waals surface area contributed by atoms with Gasteiger partial charge in [0.1, 0.15) is 5.75 Å². The van der Waals surface area contributed by atoms with Gasteiger partial charge in [-0.05, 0) is 53.5 Å². The second-order valence-corrected chi connectivity index (χ2v) is 11.8. The molecular weight excluding hydrogens is 574 g/mol. The van der Waals surface area contributed by atoms with Crippen LogP contribution < -0.4 is 10.1 Å². The summed E-state index contributed by atoms with van der Waals surface area (Å²) in [5.74, 6) is -0.643. The highest BCUT2D eigenvalue weighted by atomic mass is 32.2. The van der Waals surface area contributed by atoms with Crippen LogP contribution in [0, 0.1) is 6.92 Å². The molecule has 1 aliphatic heterocycles. The van der Waals surface area contributed by atoms with Crippen LogP contribution in [0.2, 0.25) is 0 Å². The smallest absolute Gasteiger partial charge is 0.387 e. The van der Waals surface area contributed by atoms with E-state index in [1.165, 1.54) is 22.5 Å². The molecule has 1 fully saturated rings. The molecular formula is C33H30F2N2O5S. The predicted molar refractivity (Wildman–Crippen MR) is 162 cm³/mol. The molecule has 0 radical (unpaired) electrons. The third-order valence-electron chi connectivity index (χ3n) is 7.02. The van der Waals surface area contributed by atoms with Crippen molar-refractivity contribution in [3.63, 3.8) is 0 Å². The van der Waals surface area contributed by atoms with Crippen LogP contribution in [0.5, 0.6) is 5.75 Å². The number of alkyl halides is 2. The number of benzene rings is 4. The number of carbonyl (C=O) groups excluding carboxylic acids is 1. The van der Waals surface area contributed by atoms with Crippen LogP contribution in [-0.4, -0.2) is 51.5 Å². The van der Waals surface area contributed by atoms with E-state index < -0.39 is 22.5 Å². The summed E-state index contributed by atoms with van der Waals surface area (Å²) in [6.07, 6.45) is 1.48. The number of anilines is 1. The Morgan fingerprint density at radius 1 is 0.907 bits per heavy atom. The Hall–Kier alpha value is -4.38. The van der Waals surface area contributed by atoms with Gasteiger partial charge in [-0.25, -0.2) is 8.42 Å². The fourth-order valence-corrected chi connectivity index (χ4v) is 6.45. The van der Waals surface area contributed by atoms with E-state index in [-0.39, 0.29) is 40.6 Å². The molecule has 5 rings (SSSR count). The van der Waals surface area contributed by atoms with Gasteiger partial charge in [-0.1, -0.05) is 78.9 Å². The Kier molecular flexibility index (Phi) is 9.30. The van der Waals surface area contributed by atoms with Crippen LogP contribution in [0.1, 0.15) is 16.7 Å². The Morgan fingerprint density at radius 3 is 2.26 bits per heavy atom. The van der Waals surface area contributed by atoms with Crippen molar-refractivity contribution in [2.45, 2.75) is 18.4 Å². The molecule has 0 aromatic heterocycles. The zero-order chi connectivity index (χ0) is 30.4. The summed E-state index contributed by atoms with van der Waals surface area (Å²) in [7, 11) is -3.82. The van der Waals surface area contributed by atoms with Crippen molar-refractivity contribution >= 4 is 33.3 Å². The molecule has 0 saturated carbocycles. The number of hydrogen-bond acceptors (Lipinski definition) is 5. The number of amides is 1. The molecule has 0 bridgehead atoms. The molecule has 0 atom stereocenters. The van der Waals surface area contributed by atoms with Crippen LogP contribution in [0.4, 0.5) is 14.5 Å². The summed E-state index contributed by atoms with van der Waals surface area (Å²) in [5, 5.41) is 2.81. The summed E-state index contributed by atoms with van der Waals surface area (Å²) in [5.41, 5.74) is 3.71. The monoisotopic (exact) mass is 604 g/mol. The minimum absolute atomic E-state index is 0.0839. The quantitative estimate of drug-likeness (QED) is 0.175. The standard InChI is InChI=1S/C33H30F2N2O5S/c1-23-11-16-28(22-31(23)43(39,40)37-17-19-41-20-18-37)36-32(38)29(21-27-9-5-6-10-30(27)42-33(34)35)26-14-12-25(13-15-26)24-7-3-2-4-8-24/h2-16,21-22,33H,17-20H2,1H3,(H,36,38)/b29-21+. The summed E-state index contributed by atoms with van der Waals surface area (Å²) in [6.45, 7) is -0.255. The number of nitrogens with zero attached hydrogens (tertiary/aromatic N) is 1. The Balaban J connectivity index is 1.51. The van der Waals surface area contributed by atoms with Crippen LogP contribution in [0.25, 0.3) is 22.8 Å². The molecule has 1 aliphatic rings. The van der Waals surface area contributed by atoms with E-state index in [4.69, 9.17) is 9.47 Å². The van der Waals surface area contributed by atoms with Gasteiger partial charge in [-0.3, -0.25) is 4.79 Å². The molecule has 7 nitrogen and oxygen atoms in total. The van der Waals surface area contributed by atoms with E-state index in [2.05, 4.69) is 5.32 Å². The van der Waals surface area contributed by atoms with E-state index >= 15 is 0 Å². The van der Waals surface area contributed by atoms with Gasteiger partial charge in [-0.15, -0.1) is 0 Å². The molecule has 4 aromatic rings. The van der Waals surface area contributed by atoms with Crippen molar-refractivity contribution in [2.24, 2.45) is 0 Å². The van der Waals surface area contributed by atoms with Gasteiger partial charge < -0.3 is 14.8 Å². The van der Waals surface area contributed by atoms with Gasteiger partial charge >= 0.3 is 6.61 Å². The molecule has 1 amide bonds. The second-order valence-electron chi connectivity index (χ2n) is 9.87. The van der Waals surface area contributed by atoms with E-state index in [9.17, 15) is 22.0 Å². The number of para-hydroxylation sites is 1. The van der Waals surface area contributed by atoms with E-state index in [1.807, 2.05) is 42.5 Å². The average Bonchev–Trinajstić information content (AvgIpc) is 3.02. The van der Waals surface area contributed by atoms with Crippen LogP contribution in [0.15, 0.2) is 102 Å². The summed E-state index contributed by atoms with van der Waals surface area (Å²) in [4.78, 5) is 13.9. The van der Waals surface area contributed by atoms with Gasteiger partial charge in [-0.2, -0.15) is 13.1 Å². The number of halogens is 2. The number of ether oxygens (including phenoxy) is 2. The molecule has 1 saturated heterocycles. The third-order valence-corrected chi connectivity index (χ3v) is 9.06. The third kappa shape index (κ3) is 7.16. The Morgan fingerprint density at radius 2 is 1.56 bits per heavy atom. The number of aryl methyl sites for hydroxylation is 1. The molecule has 10 heteroatoms. The lowest BCUT2D eigenvalue weighted by atomic mass is 9.98. The maximum atomic E-state index is 13.8. The Bertz CT molecular complexity index is 1720. The summed E-state index contributed by atoms with van der Waals surface area (Å²) >= 11 is 0. The van der Waals surface area contributed by atoms with Gasteiger partial charge in [0.15, 0.2) is 0 Å². The van der Waals surface area contributed by atoms with Gasteiger partial charge in [0.05, 0.1) is 18.1 Å². The molecule has 222 valence electrons. The molecule has 0 spiro atoms. The number of morpholine rings is 1. The topological polar surface area (TPSA) is 84.9 Å². The first kappa shape index (κ1) is 30.1. The SMILES string of the molecule is Cc1ccc(NC(=O)/C(=C/c2ccccc2OC(F)F)c2ccc(-c3ccccc3)cc2)cc1S(=O)(=O)N1CCOCC1. The number of rotatable bonds is 9. The number of carbonyl (C=O) groups is 1. The maximum Gasteiger partial charge on any atom is 0.387 e. The zero-order valence-electron chi connectivity index (χ0n) is 23.4. The fraction of sp³-hybridized carbons (Fsp3) is 0.182. The first-order valence-electron chi connectivity index (χ1n) is 13.6. The van der Waals surface area contributed by atoms with Crippen molar-refractivity contribution in [3.8, 4) is 16.9 Å². The average molecular weight is 605 g/mol. The van der Waals surface area contributed by atoms with Crippen molar-refractivity contribution in [1.82, 2.24) is 4.31 Å². The first-order valence-corrected chi connectivity index (χ1v) is 15.1. The van der Waals surface area contributed by atoms with E-state index in [0.717, 1.165) is 11.1 Å². The molecule has 0 unspecified atom stereocenters. The lowest BCUT2D eigenvalue weighted by Gasteiger charge is -2.27.